The van der Waals surface area contributed by atoms with Gasteiger partial charge in [-0.05, 0) is 31.0 Å². The van der Waals surface area contributed by atoms with Crippen molar-refractivity contribution in [2.24, 2.45) is 11.8 Å². The van der Waals surface area contributed by atoms with E-state index in [0.29, 0.717) is 26.1 Å². The van der Waals surface area contributed by atoms with Crippen LogP contribution >= 0.6 is 0 Å². The summed E-state index contributed by atoms with van der Waals surface area (Å²) in [4.78, 5) is 33.6. The van der Waals surface area contributed by atoms with E-state index in [1.165, 1.54) is 5.56 Å². The Kier molecular flexibility index (Phi) is 5.28. The van der Waals surface area contributed by atoms with Crippen molar-refractivity contribution >= 4 is 17.6 Å². The summed E-state index contributed by atoms with van der Waals surface area (Å²) in [5.41, 5.74) is 2.28. The molecule has 1 saturated heterocycles. The molecule has 2 fully saturated rings. The number of nitrogens with zero attached hydrogens (tertiary/aromatic N) is 3. The Hall–Kier alpha value is -2.89. The van der Waals surface area contributed by atoms with E-state index in [9.17, 15) is 9.59 Å². The van der Waals surface area contributed by atoms with Crippen molar-refractivity contribution in [2.45, 2.75) is 19.9 Å². The number of nitrogens with one attached hydrogen (secondary N) is 1. The molecule has 146 valence electrons. The molecule has 2 atom stereocenters. The molecule has 1 aromatic heterocycles. The normalized spacial score (nSPS) is 21.3. The summed E-state index contributed by atoms with van der Waals surface area (Å²) in [6.07, 6.45) is 2.45. The van der Waals surface area contributed by atoms with Gasteiger partial charge >= 0.3 is 0 Å². The fourth-order valence-corrected chi connectivity index (χ4v) is 3.72. The molecule has 2 unspecified atom stereocenters. The molecule has 2 aliphatic rings. The molecule has 2 aromatic rings. The van der Waals surface area contributed by atoms with Crippen molar-refractivity contribution < 1.29 is 9.59 Å². The lowest BCUT2D eigenvalue weighted by atomic mass is 10.1. The molecule has 1 saturated carbocycles. The van der Waals surface area contributed by atoms with Crippen LogP contribution in [0, 0.1) is 18.8 Å². The number of pyridine rings is 1. The molecule has 0 radical (unpaired) electrons. The zero-order valence-electron chi connectivity index (χ0n) is 16.2. The summed E-state index contributed by atoms with van der Waals surface area (Å²) in [5, 5.41) is 2.97. The van der Waals surface area contributed by atoms with Crippen LogP contribution in [0.25, 0.3) is 0 Å². The maximum atomic E-state index is 12.7. The Morgan fingerprint density at radius 1 is 1.04 bits per heavy atom. The average molecular weight is 378 g/mol. The first-order valence-electron chi connectivity index (χ1n) is 9.90. The third-order valence-electron chi connectivity index (χ3n) is 5.60. The van der Waals surface area contributed by atoms with Crippen LogP contribution < -0.4 is 10.2 Å². The number of hydrogen-bond donors (Lipinski definition) is 1. The highest BCUT2D eigenvalue weighted by Gasteiger charge is 2.49. The van der Waals surface area contributed by atoms with Crippen LogP contribution in [0.5, 0.6) is 0 Å². The van der Waals surface area contributed by atoms with Crippen molar-refractivity contribution in [3.05, 3.63) is 59.8 Å². The molecule has 4 rings (SSSR count). The summed E-state index contributed by atoms with van der Waals surface area (Å²) in [6, 6.07) is 14.0. The number of carbonyl (C=O) groups excluding carboxylic acids is 2. The first-order chi connectivity index (χ1) is 13.6. The molecule has 6 heteroatoms. The van der Waals surface area contributed by atoms with E-state index >= 15 is 0 Å². The largest absolute Gasteiger partial charge is 0.353 e. The summed E-state index contributed by atoms with van der Waals surface area (Å²) >= 11 is 0. The number of anilines is 1. The van der Waals surface area contributed by atoms with Gasteiger partial charge in [0.1, 0.15) is 5.82 Å². The number of amides is 2. The van der Waals surface area contributed by atoms with Gasteiger partial charge in [0.15, 0.2) is 0 Å². The zero-order valence-corrected chi connectivity index (χ0v) is 16.2. The van der Waals surface area contributed by atoms with Gasteiger partial charge in [0.25, 0.3) is 0 Å². The molecule has 28 heavy (non-hydrogen) atoms. The number of aryl methyl sites for hydroxylation is 1. The van der Waals surface area contributed by atoms with Gasteiger partial charge in [0.05, 0.1) is 11.8 Å². The topological polar surface area (TPSA) is 65.5 Å². The molecule has 1 aliphatic carbocycles. The smallest absolute Gasteiger partial charge is 0.226 e. The van der Waals surface area contributed by atoms with Crippen LogP contribution in [0.1, 0.15) is 17.5 Å². The van der Waals surface area contributed by atoms with Gasteiger partial charge in [-0.15, -0.1) is 0 Å². The molecule has 0 bridgehead atoms. The summed E-state index contributed by atoms with van der Waals surface area (Å²) in [5.74, 6) is 0.739. The number of carbonyl (C=O) groups is 2. The lowest BCUT2D eigenvalue weighted by Gasteiger charge is -2.35. The molecule has 0 spiro atoms. The Balaban J connectivity index is 1.23. The van der Waals surface area contributed by atoms with Gasteiger partial charge in [-0.1, -0.05) is 35.9 Å². The molecule has 6 nitrogen and oxygen atoms in total. The number of aromatic nitrogens is 1. The minimum absolute atomic E-state index is 0.00829. The molecule has 1 aromatic carbocycles. The van der Waals surface area contributed by atoms with Gasteiger partial charge in [0.2, 0.25) is 11.8 Å². The van der Waals surface area contributed by atoms with Crippen molar-refractivity contribution in [1.29, 1.82) is 0 Å². The maximum Gasteiger partial charge on any atom is 0.226 e. The molecule has 1 aliphatic heterocycles. The molecule has 1 N–H and O–H groups in total. The standard InChI is InChI=1S/C22H26N4O2/c1-16-5-7-17(8-6-16)15-24-21(27)18-14-19(18)22(28)26-12-10-25(11-13-26)20-4-2-3-9-23-20/h2-9,18-19H,10-15H2,1H3,(H,24,27). The second kappa shape index (κ2) is 8.00. The van der Waals surface area contributed by atoms with Gasteiger partial charge in [0, 0.05) is 38.9 Å². The van der Waals surface area contributed by atoms with Crippen LogP contribution in [0.3, 0.4) is 0 Å². The van der Waals surface area contributed by atoms with Crippen molar-refractivity contribution in [3.63, 3.8) is 0 Å². The minimum atomic E-state index is -0.174. The Bertz CT molecular complexity index is 829. The van der Waals surface area contributed by atoms with Crippen molar-refractivity contribution in [3.8, 4) is 0 Å². The predicted molar refractivity (Wildman–Crippen MR) is 108 cm³/mol. The van der Waals surface area contributed by atoms with E-state index in [0.717, 1.165) is 24.5 Å². The molecule has 2 amide bonds. The Morgan fingerprint density at radius 3 is 2.46 bits per heavy atom. The summed E-state index contributed by atoms with van der Waals surface area (Å²) in [6.45, 7) is 5.48. The third kappa shape index (κ3) is 4.16. The van der Waals surface area contributed by atoms with E-state index < -0.39 is 0 Å². The van der Waals surface area contributed by atoms with Crippen LogP contribution in [-0.4, -0.2) is 47.9 Å². The predicted octanol–water partition coefficient (Wildman–Crippen LogP) is 1.99. The number of hydrogen-bond acceptors (Lipinski definition) is 4. The van der Waals surface area contributed by atoms with Gasteiger partial charge < -0.3 is 15.1 Å². The third-order valence-corrected chi connectivity index (χ3v) is 5.60. The molecular formula is C22H26N4O2. The lowest BCUT2D eigenvalue weighted by Crippen LogP contribution is -2.49. The Labute approximate surface area is 165 Å². The fraction of sp³-hybridized carbons (Fsp3) is 0.409. The van der Waals surface area contributed by atoms with Gasteiger partial charge in [-0.3, -0.25) is 9.59 Å². The monoisotopic (exact) mass is 378 g/mol. The van der Waals surface area contributed by atoms with Gasteiger partial charge in [-0.2, -0.15) is 0 Å². The summed E-state index contributed by atoms with van der Waals surface area (Å²) in [7, 11) is 0. The number of piperazine rings is 1. The highest BCUT2D eigenvalue weighted by atomic mass is 16.2. The SMILES string of the molecule is Cc1ccc(CNC(=O)C2CC2C(=O)N2CCN(c3ccccn3)CC2)cc1. The maximum absolute atomic E-state index is 12.7. The van der Waals surface area contributed by atoms with Crippen LogP contribution in [-0.2, 0) is 16.1 Å². The quantitative estimate of drug-likeness (QED) is 0.864. The fourth-order valence-electron chi connectivity index (χ4n) is 3.72. The average Bonchev–Trinajstić information content (AvgIpc) is 3.54. The van der Waals surface area contributed by atoms with Gasteiger partial charge in [-0.25, -0.2) is 4.98 Å². The van der Waals surface area contributed by atoms with Crippen LogP contribution in [0.2, 0.25) is 0 Å². The van der Waals surface area contributed by atoms with E-state index in [1.807, 2.05) is 54.3 Å². The molecular weight excluding hydrogens is 352 g/mol. The first kappa shape index (κ1) is 18.5. The number of benzene rings is 1. The van der Waals surface area contributed by atoms with Crippen molar-refractivity contribution in [2.75, 3.05) is 31.1 Å². The first-order valence-corrected chi connectivity index (χ1v) is 9.90. The lowest BCUT2D eigenvalue weighted by molar-refractivity contribution is -0.135. The highest BCUT2D eigenvalue weighted by Crippen LogP contribution is 2.40. The second-order valence-corrected chi connectivity index (χ2v) is 7.65. The summed E-state index contributed by atoms with van der Waals surface area (Å²) < 4.78 is 0. The highest BCUT2D eigenvalue weighted by molar-refractivity contribution is 5.92. The van der Waals surface area contributed by atoms with E-state index in [2.05, 4.69) is 15.2 Å². The van der Waals surface area contributed by atoms with E-state index in [-0.39, 0.29) is 23.7 Å². The minimum Gasteiger partial charge on any atom is -0.353 e. The van der Waals surface area contributed by atoms with Crippen LogP contribution in [0.15, 0.2) is 48.7 Å². The second-order valence-electron chi connectivity index (χ2n) is 7.65. The van der Waals surface area contributed by atoms with Crippen molar-refractivity contribution in [1.82, 2.24) is 15.2 Å². The molecule has 2 heterocycles. The number of rotatable bonds is 5. The van der Waals surface area contributed by atoms with E-state index in [4.69, 9.17) is 0 Å². The van der Waals surface area contributed by atoms with E-state index in [1.54, 1.807) is 6.20 Å². The Morgan fingerprint density at radius 2 is 1.79 bits per heavy atom. The zero-order chi connectivity index (χ0) is 19.5. The van der Waals surface area contributed by atoms with Crippen LogP contribution in [0.4, 0.5) is 5.82 Å².